The molecule has 14 atom stereocenters. The summed E-state index contributed by atoms with van der Waals surface area (Å²) in [6.45, 7) is 44.7. The highest BCUT2D eigenvalue weighted by molar-refractivity contribution is 6.90. The van der Waals surface area contributed by atoms with Crippen molar-refractivity contribution in [2.75, 3.05) is 0 Å². The number of ether oxygens (including phenoxy) is 2. The van der Waals surface area contributed by atoms with Gasteiger partial charge in [-0.25, -0.2) is 0 Å². The number of carboxylic acid groups (broad SMARTS) is 1. The van der Waals surface area contributed by atoms with Gasteiger partial charge in [-0.15, -0.1) is 24.0 Å². The maximum atomic E-state index is 12.5. The number of esters is 2. The van der Waals surface area contributed by atoms with Gasteiger partial charge in [0.15, 0.2) is 0 Å². The van der Waals surface area contributed by atoms with Crippen molar-refractivity contribution in [2.24, 2.45) is 52.1 Å². The fourth-order valence-corrected chi connectivity index (χ4v) is 25.1. The Bertz CT molecular complexity index is 1920. The first kappa shape index (κ1) is 66.8. The first-order valence-corrected chi connectivity index (χ1v) is 35.8. The minimum atomic E-state index is -1.65. The number of carbonyl (C=O) groups is 3. The molecule has 4 bridgehead atoms. The van der Waals surface area contributed by atoms with Crippen molar-refractivity contribution in [2.45, 2.75) is 278 Å². The summed E-state index contributed by atoms with van der Waals surface area (Å²) >= 11 is 6.67. The van der Waals surface area contributed by atoms with Gasteiger partial charge in [-0.3, -0.25) is 14.4 Å². The van der Waals surface area contributed by atoms with Crippen LogP contribution in [0.5, 0.6) is 0 Å². The van der Waals surface area contributed by atoms with Crippen LogP contribution in [0.25, 0.3) is 0 Å². The lowest BCUT2D eigenvalue weighted by molar-refractivity contribution is -0.199. The molecule has 0 radical (unpaired) electrons. The molecule has 6 aliphatic carbocycles. The zero-order chi connectivity index (χ0) is 56.1. The first-order chi connectivity index (χ1) is 33.6. The lowest BCUT2D eigenvalue weighted by Crippen LogP contribution is -2.67. The number of aliphatic carboxylic acids is 1. The molecule has 0 spiro atoms. The number of rotatable bonds is 17. The fraction of sp³-hybridized carbons (Fsp3) is 0.944. The molecule has 9 fully saturated rings. The SMILES string of the molecule is CC(CC[C@@H](B1O[C@@H]2C[C@@H]3C[C@@H](C3(C)C)[C@]2(C)O1)N([Si](C)(C)C)[Si](C)(C)C)CC(=O)OC(C)(C)C.CC(CC[C@@H](Cl)B1O[C@@H]2C[C@@H]3C[C@@H](C3(C)C)[C@]2(C)O1)CC(=O)OC(C)(C)C.Cl.N[C@H]1CC[C@@H](CC(=O)O)OB1O. The number of hydrogen-bond donors (Lipinski definition) is 3. The van der Waals surface area contributed by atoms with Crippen molar-refractivity contribution >= 4 is 79.7 Å². The second-order valence-corrected chi connectivity index (χ2v) is 40.1. The average molecular weight is 1130 g/mol. The van der Waals surface area contributed by atoms with E-state index in [1.165, 1.54) is 12.8 Å². The molecule has 21 heteroatoms. The number of hydrogen-bond acceptors (Lipinski definition) is 13. The van der Waals surface area contributed by atoms with Crippen LogP contribution in [-0.4, -0.2) is 128 Å². The monoisotopic (exact) mass is 1130 g/mol. The Morgan fingerprint density at radius 2 is 1.11 bits per heavy atom. The topological polar surface area (TPSA) is 186 Å². The number of carboxylic acids is 1. The molecule has 2 unspecified atom stereocenters. The summed E-state index contributed by atoms with van der Waals surface area (Å²) in [6.07, 6.45) is 10.3. The maximum Gasteiger partial charge on any atom is 0.476 e. The van der Waals surface area contributed by atoms with Gasteiger partial charge in [-0.2, -0.15) is 0 Å². The van der Waals surface area contributed by atoms with Crippen LogP contribution in [0.4, 0.5) is 0 Å². The third-order valence-corrected chi connectivity index (χ3v) is 26.0. The minimum Gasteiger partial charge on any atom is -0.481 e. The lowest BCUT2D eigenvalue weighted by Gasteiger charge is -2.64. The van der Waals surface area contributed by atoms with Gasteiger partial charge < -0.3 is 52.8 Å². The molecular weight excluding hydrogens is 1030 g/mol. The Labute approximate surface area is 468 Å². The van der Waals surface area contributed by atoms with Crippen molar-refractivity contribution in [1.29, 1.82) is 0 Å². The summed E-state index contributed by atoms with van der Waals surface area (Å²) < 4.78 is 45.4. The van der Waals surface area contributed by atoms with Crippen LogP contribution < -0.4 is 5.73 Å². The van der Waals surface area contributed by atoms with Gasteiger partial charge in [0.2, 0.25) is 0 Å². The highest BCUT2D eigenvalue weighted by atomic mass is 35.5. The highest BCUT2D eigenvalue weighted by Gasteiger charge is 2.70. The zero-order valence-corrected chi connectivity index (χ0v) is 53.7. The van der Waals surface area contributed by atoms with Crippen LogP contribution >= 0.6 is 24.0 Å². The smallest absolute Gasteiger partial charge is 0.476 e. The predicted octanol–water partition coefficient (Wildman–Crippen LogP) is 11.2. The van der Waals surface area contributed by atoms with Gasteiger partial charge in [-0.1, -0.05) is 80.8 Å². The molecule has 3 aliphatic heterocycles. The molecule has 9 aliphatic rings. The Morgan fingerprint density at radius 3 is 1.49 bits per heavy atom. The van der Waals surface area contributed by atoms with E-state index in [-0.39, 0.29) is 97.4 Å². The molecule has 3 saturated heterocycles. The summed E-state index contributed by atoms with van der Waals surface area (Å²) in [4.78, 5) is 34.7. The van der Waals surface area contributed by atoms with Crippen molar-refractivity contribution in [3.63, 3.8) is 0 Å². The maximum absolute atomic E-state index is 12.5. The van der Waals surface area contributed by atoms with E-state index in [9.17, 15) is 14.4 Å². The summed E-state index contributed by atoms with van der Waals surface area (Å²) in [6, 6.07) is 0. The average Bonchev–Trinajstić information content (AvgIpc) is 3.77. The third kappa shape index (κ3) is 16.5. The van der Waals surface area contributed by atoms with Crippen LogP contribution in [0.1, 0.15) is 180 Å². The summed E-state index contributed by atoms with van der Waals surface area (Å²) in [7, 11) is -4.85. The molecule has 432 valence electrons. The predicted molar refractivity (Wildman–Crippen MR) is 309 cm³/mol. The van der Waals surface area contributed by atoms with Gasteiger partial charge in [0.1, 0.15) is 27.7 Å². The zero-order valence-electron chi connectivity index (χ0n) is 50.1. The lowest BCUT2D eigenvalue weighted by atomic mass is 9.43. The molecule has 3 heterocycles. The normalized spacial score (nSPS) is 33.0. The molecule has 0 aromatic carbocycles. The van der Waals surface area contributed by atoms with E-state index in [0.717, 1.165) is 50.4 Å². The van der Waals surface area contributed by atoms with Crippen LogP contribution in [0, 0.1) is 46.3 Å². The van der Waals surface area contributed by atoms with E-state index < -0.39 is 46.9 Å². The van der Waals surface area contributed by atoms with Crippen LogP contribution in [-0.2, 0) is 47.1 Å². The summed E-state index contributed by atoms with van der Waals surface area (Å²) in [5, 5.41) is 17.4. The summed E-state index contributed by atoms with van der Waals surface area (Å²) in [5.74, 6) is 1.82. The van der Waals surface area contributed by atoms with E-state index in [1.807, 2.05) is 41.5 Å². The largest absolute Gasteiger partial charge is 0.481 e. The highest BCUT2D eigenvalue weighted by Crippen LogP contribution is 2.67. The molecule has 6 saturated carbocycles. The Morgan fingerprint density at radius 1 is 0.693 bits per heavy atom. The molecule has 75 heavy (non-hydrogen) atoms. The summed E-state index contributed by atoms with van der Waals surface area (Å²) in [5.41, 5.74) is 4.87. The van der Waals surface area contributed by atoms with Crippen molar-refractivity contribution in [3.8, 4) is 0 Å². The molecule has 0 aromatic rings. The molecule has 9 rings (SSSR count). The van der Waals surface area contributed by atoms with E-state index in [2.05, 4.69) is 98.9 Å². The third-order valence-electron chi connectivity index (χ3n) is 18.0. The minimum absolute atomic E-state index is 0. The molecule has 0 amide bonds. The Balaban J connectivity index is 0.000000268. The molecular formula is C54H103B3Cl2N2O12Si2. The number of halogens is 2. The number of carbonyl (C=O) groups excluding carboxylic acids is 2. The molecule has 14 nitrogen and oxygen atoms in total. The van der Waals surface area contributed by atoms with Crippen LogP contribution in [0.15, 0.2) is 0 Å². The van der Waals surface area contributed by atoms with Crippen LogP contribution in [0.3, 0.4) is 0 Å². The standard InChI is InChI=1S/C27H54BNO4Si2.C21H36BClO4.C6H12BNO4.ClH/c1-19(16-24(30)31-25(2,3)4)14-15-23(29(34(8,9)10)35(11,12)13)28-32-22-18-20-17-21(26(20,5)6)27(22,7)33-28;1-13(10-18(24)25-19(2,3)4)8-9-17(23)22-26-16-12-14-11-15(20(14,5)6)21(16,7)27-22;8-5-2-1-4(3-6(9)10)12-7(5)11;/h19-23H,14-18H2,1-13H3;13-17H,8-12H2,1-7H3;4-5,11H,1-3,8H2,(H,9,10);1H/t19?,20-,21-,22+,23-,27-;13?,14-,15-,16+,17+,21-;4-,5-;/m000./s1. The van der Waals surface area contributed by atoms with Gasteiger partial charge in [0.25, 0.3) is 0 Å². The van der Waals surface area contributed by atoms with E-state index >= 15 is 0 Å². The van der Waals surface area contributed by atoms with Crippen molar-refractivity contribution in [3.05, 3.63) is 0 Å². The number of nitrogens with two attached hydrogens (primary N) is 1. The number of alkyl halides is 1. The van der Waals surface area contributed by atoms with Crippen molar-refractivity contribution < 1.29 is 57.3 Å². The van der Waals surface area contributed by atoms with E-state index in [1.54, 1.807) is 0 Å². The quantitative estimate of drug-likeness (QED) is 0.0710. The Hall–Kier alpha value is -0.701. The fourth-order valence-electron chi connectivity index (χ4n) is 14.3. The second kappa shape index (κ2) is 24.8. The molecule has 4 N–H and O–H groups in total. The van der Waals surface area contributed by atoms with Gasteiger partial charge >= 0.3 is 39.3 Å². The van der Waals surface area contributed by atoms with Gasteiger partial charge in [0.05, 0.1) is 41.2 Å². The van der Waals surface area contributed by atoms with E-state index in [4.69, 9.17) is 60.2 Å². The van der Waals surface area contributed by atoms with Crippen LogP contribution in [0.2, 0.25) is 39.3 Å². The first-order valence-electron chi connectivity index (χ1n) is 28.4. The number of nitrogens with zero attached hydrogens (tertiary/aromatic N) is 1. The van der Waals surface area contributed by atoms with Gasteiger partial charge in [0, 0.05) is 24.7 Å². The van der Waals surface area contributed by atoms with Gasteiger partial charge in [-0.05, 0) is 166 Å². The molecule has 0 aromatic heterocycles. The van der Waals surface area contributed by atoms with Crippen molar-refractivity contribution in [1.82, 2.24) is 4.23 Å². The van der Waals surface area contributed by atoms with E-state index in [0.29, 0.717) is 48.3 Å². The Kier molecular flexibility index (Phi) is 22.1. The second-order valence-electron chi connectivity index (χ2n) is 29.4.